The average Bonchev–Trinajstić information content (AvgIpc) is 2.84. The summed E-state index contributed by atoms with van der Waals surface area (Å²) in [6.45, 7) is 3.04. The Morgan fingerprint density at radius 3 is 2.58 bits per heavy atom. The molecule has 0 unspecified atom stereocenters. The summed E-state index contributed by atoms with van der Waals surface area (Å²) in [7, 11) is 2.05. The molecule has 3 aromatic rings. The van der Waals surface area contributed by atoms with Crippen LogP contribution in [0.2, 0.25) is 5.02 Å². The summed E-state index contributed by atoms with van der Waals surface area (Å²) in [5.41, 5.74) is 0.165. The number of fused-ring (bicyclic) bond motifs is 1. The van der Waals surface area contributed by atoms with E-state index in [-0.39, 0.29) is 33.9 Å². The van der Waals surface area contributed by atoms with E-state index in [1.165, 1.54) is 50.4 Å². The smallest absolute Gasteiger partial charge is 0.414 e. The van der Waals surface area contributed by atoms with Gasteiger partial charge in [0.25, 0.3) is 10.2 Å². The van der Waals surface area contributed by atoms with Gasteiger partial charge >= 0.3 is 11.7 Å². The summed E-state index contributed by atoms with van der Waals surface area (Å²) in [6.07, 6.45) is 1.22. The molecule has 38 heavy (non-hydrogen) atoms. The third-order valence-electron chi connectivity index (χ3n) is 5.60. The number of carbonyl (C=O) groups excluding carboxylic acids is 1. The molecule has 0 aliphatic heterocycles. The molecule has 0 aliphatic rings. The number of halogens is 2. The lowest BCUT2D eigenvalue weighted by atomic mass is 9.98. The summed E-state index contributed by atoms with van der Waals surface area (Å²) in [6, 6.07) is 4.25. The fourth-order valence-corrected chi connectivity index (χ4v) is 4.42. The second kappa shape index (κ2) is 12.1. The Kier molecular flexibility index (Phi) is 9.31. The number of hydrogen-bond donors (Lipinski definition) is 2. The molecule has 0 spiro atoms. The summed E-state index contributed by atoms with van der Waals surface area (Å²) in [5.74, 6) is -1.42. The van der Waals surface area contributed by atoms with Crippen LogP contribution in [-0.2, 0) is 23.2 Å². The predicted molar refractivity (Wildman–Crippen MR) is 142 cm³/mol. The maximum atomic E-state index is 15.3. The van der Waals surface area contributed by atoms with Gasteiger partial charge in [0, 0.05) is 57.3 Å². The van der Waals surface area contributed by atoms with E-state index >= 15 is 4.39 Å². The van der Waals surface area contributed by atoms with Gasteiger partial charge in [-0.1, -0.05) is 18.5 Å². The van der Waals surface area contributed by atoms with Crippen molar-refractivity contribution in [1.29, 1.82) is 0 Å². The molecule has 2 N–H and O–H groups in total. The fourth-order valence-electron chi connectivity index (χ4n) is 3.72. The summed E-state index contributed by atoms with van der Waals surface area (Å²) in [5, 5.41) is 0.605. The molecule has 1 amide bonds. The number of rotatable bonds is 10. The Bertz CT molecular complexity index is 1510. The lowest BCUT2D eigenvalue weighted by Crippen LogP contribution is -2.27. The van der Waals surface area contributed by atoms with E-state index in [1.54, 1.807) is 0 Å². The molecular weight excluding hydrogens is 541 g/mol. The first kappa shape index (κ1) is 29.3. The van der Waals surface area contributed by atoms with E-state index in [0.717, 1.165) is 6.42 Å². The number of hydrogen-bond acceptors (Lipinski definition) is 8. The maximum Gasteiger partial charge on any atom is 0.414 e. The number of pyridine rings is 1. The number of anilines is 1. The van der Waals surface area contributed by atoms with Gasteiger partial charge in [-0.2, -0.15) is 8.42 Å². The zero-order chi connectivity index (χ0) is 28.2. The van der Waals surface area contributed by atoms with Gasteiger partial charge < -0.3 is 19.0 Å². The summed E-state index contributed by atoms with van der Waals surface area (Å²) < 4.78 is 53.8. The second-order valence-electron chi connectivity index (χ2n) is 8.74. The molecule has 2 heterocycles. The Morgan fingerprint density at radius 2 is 1.95 bits per heavy atom. The topological polar surface area (TPSA) is 134 Å². The summed E-state index contributed by atoms with van der Waals surface area (Å²) >= 11 is 6.43. The first-order valence-corrected chi connectivity index (χ1v) is 13.4. The number of ether oxygens (including phenoxy) is 1. The molecule has 0 saturated carbocycles. The van der Waals surface area contributed by atoms with Crippen molar-refractivity contribution >= 4 is 44.7 Å². The predicted octanol–water partition coefficient (Wildman–Crippen LogP) is 3.35. The quantitative estimate of drug-likeness (QED) is 0.355. The van der Waals surface area contributed by atoms with Gasteiger partial charge in [-0.25, -0.2) is 23.7 Å². The monoisotopic (exact) mass is 569 g/mol. The lowest BCUT2D eigenvalue weighted by molar-refractivity contribution is 0.172. The number of amides is 1. The second-order valence-corrected chi connectivity index (χ2v) is 10.8. The van der Waals surface area contributed by atoms with Gasteiger partial charge in [0.05, 0.1) is 5.02 Å². The third kappa shape index (κ3) is 6.78. The lowest BCUT2D eigenvalue weighted by Gasteiger charge is -2.20. The molecule has 1 aromatic carbocycles. The van der Waals surface area contributed by atoms with Gasteiger partial charge in [-0.05, 0) is 43.3 Å². The largest absolute Gasteiger partial charge is 0.422 e. The van der Waals surface area contributed by atoms with Gasteiger partial charge in [0.1, 0.15) is 5.58 Å². The first-order chi connectivity index (χ1) is 17.9. The van der Waals surface area contributed by atoms with Crippen LogP contribution in [0.25, 0.3) is 11.0 Å². The summed E-state index contributed by atoms with van der Waals surface area (Å²) in [4.78, 5) is 32.2. The highest BCUT2D eigenvalue weighted by Gasteiger charge is 2.22. The zero-order valence-electron chi connectivity index (χ0n) is 21.6. The number of benzene rings is 1. The number of nitrogens with one attached hydrogen (secondary N) is 2. The molecule has 0 bridgehead atoms. The number of nitrogens with zero attached hydrogens (tertiary/aromatic N) is 3. The SMILES string of the molecule is CCCN(C)Cc1c(Cc2ccnc(NS(=O)(=O)NC)c2F)c(=O)oc2cc(OC(=O)N(C)C)c(Cl)cc12. The van der Waals surface area contributed by atoms with E-state index in [4.69, 9.17) is 20.8 Å². The standard InChI is InChI=1S/C24H29ClFN5O6S/c1-6-9-31(5)13-17-15-11-18(25)20(37-24(33)30(3)4)12-19(15)36-23(32)16(17)10-14-7-8-28-22(21(14)26)29-38(34,35)27-2/h7-8,11-12,27H,6,9-10,13H2,1-5H3,(H,28,29). The van der Waals surface area contributed by atoms with E-state index < -0.39 is 33.6 Å². The van der Waals surface area contributed by atoms with Crippen molar-refractivity contribution in [2.45, 2.75) is 26.3 Å². The van der Waals surface area contributed by atoms with Crippen LogP contribution in [0.15, 0.2) is 33.6 Å². The zero-order valence-corrected chi connectivity index (χ0v) is 23.2. The van der Waals surface area contributed by atoms with Crippen LogP contribution in [0.3, 0.4) is 0 Å². The molecule has 3 rings (SSSR count). The van der Waals surface area contributed by atoms with Gasteiger partial charge in [0.2, 0.25) is 0 Å². The maximum absolute atomic E-state index is 15.3. The fraction of sp³-hybridized carbons (Fsp3) is 0.375. The highest BCUT2D eigenvalue weighted by Crippen LogP contribution is 2.34. The van der Waals surface area contributed by atoms with Crippen molar-refractivity contribution in [3.63, 3.8) is 0 Å². The average molecular weight is 570 g/mol. The highest BCUT2D eigenvalue weighted by atomic mass is 35.5. The van der Waals surface area contributed by atoms with E-state index in [0.29, 0.717) is 24.0 Å². The van der Waals surface area contributed by atoms with E-state index in [2.05, 4.69) is 4.98 Å². The minimum atomic E-state index is -4.02. The van der Waals surface area contributed by atoms with Crippen LogP contribution in [-0.4, -0.2) is 64.0 Å². The minimum Gasteiger partial charge on any atom is -0.422 e. The van der Waals surface area contributed by atoms with E-state index in [1.807, 2.05) is 28.3 Å². The molecule has 0 radical (unpaired) electrons. The Morgan fingerprint density at radius 1 is 1.24 bits per heavy atom. The van der Waals surface area contributed by atoms with Crippen LogP contribution in [0, 0.1) is 5.82 Å². The van der Waals surface area contributed by atoms with Crippen LogP contribution in [0.5, 0.6) is 5.75 Å². The first-order valence-electron chi connectivity index (χ1n) is 11.6. The molecular formula is C24H29ClFN5O6S. The van der Waals surface area contributed by atoms with Crippen LogP contribution in [0.1, 0.15) is 30.0 Å². The van der Waals surface area contributed by atoms with Crippen LogP contribution >= 0.6 is 11.6 Å². The number of aromatic nitrogens is 1. The Balaban J connectivity index is 2.16. The van der Waals surface area contributed by atoms with Crippen molar-refractivity contribution in [3.05, 3.63) is 62.3 Å². The third-order valence-corrected chi connectivity index (χ3v) is 6.90. The minimum absolute atomic E-state index is 0.0169. The molecule has 0 saturated heterocycles. The molecule has 11 nitrogen and oxygen atoms in total. The van der Waals surface area contributed by atoms with Crippen molar-refractivity contribution in [1.82, 2.24) is 19.5 Å². The van der Waals surface area contributed by atoms with Gasteiger partial charge in [-0.3, -0.25) is 4.72 Å². The van der Waals surface area contributed by atoms with Crippen molar-refractivity contribution < 1.29 is 26.8 Å². The normalized spacial score (nSPS) is 11.7. The Hall–Kier alpha value is -3.26. The molecule has 14 heteroatoms. The van der Waals surface area contributed by atoms with E-state index in [9.17, 15) is 18.0 Å². The molecule has 2 aromatic heterocycles. The van der Waals surface area contributed by atoms with Gasteiger partial charge in [0.15, 0.2) is 17.4 Å². The van der Waals surface area contributed by atoms with Gasteiger partial charge in [-0.15, -0.1) is 0 Å². The number of carbonyl (C=O) groups is 1. The molecule has 0 fully saturated rings. The van der Waals surface area contributed by atoms with Crippen LogP contribution in [0.4, 0.5) is 15.0 Å². The van der Waals surface area contributed by atoms with Crippen molar-refractivity contribution in [2.75, 3.05) is 39.5 Å². The van der Waals surface area contributed by atoms with Crippen molar-refractivity contribution in [3.8, 4) is 5.75 Å². The van der Waals surface area contributed by atoms with Crippen LogP contribution < -0.4 is 19.8 Å². The van der Waals surface area contributed by atoms with Crippen molar-refractivity contribution in [2.24, 2.45) is 0 Å². The molecule has 0 aliphatic carbocycles. The molecule has 0 atom stereocenters. The highest BCUT2D eigenvalue weighted by molar-refractivity contribution is 7.90. The Labute approximate surface area is 224 Å². The molecule has 206 valence electrons.